The molecule has 110 valence electrons. The Morgan fingerprint density at radius 3 is 2.20 bits per heavy atom. The topological polar surface area (TPSA) is 54.0 Å². The summed E-state index contributed by atoms with van der Waals surface area (Å²) in [6.07, 6.45) is 0. The summed E-state index contributed by atoms with van der Waals surface area (Å²) < 4.78 is 22.7. The van der Waals surface area contributed by atoms with Crippen LogP contribution in [0.25, 0.3) is 0 Å². The van der Waals surface area contributed by atoms with E-state index in [0.29, 0.717) is 10.6 Å². The molecule has 1 fully saturated rings. The fraction of sp³-hybridized carbons (Fsp3) is 0.615. The quantitative estimate of drug-likeness (QED) is 0.629. The third-order valence-electron chi connectivity index (χ3n) is 3.79. The molecule has 0 spiro atoms. The number of methoxy groups -OCH3 is 2. The highest BCUT2D eigenvalue weighted by atomic mass is 32.1. The molecule has 7 heteroatoms. The molecule has 1 aliphatic heterocycles. The molecule has 5 nitrogen and oxygen atoms in total. The van der Waals surface area contributed by atoms with Gasteiger partial charge in [-0.2, -0.15) is 0 Å². The third-order valence-corrected chi connectivity index (χ3v) is 4.91. The largest absolute Gasteiger partial charge is 0.505 e. The van der Waals surface area contributed by atoms with Gasteiger partial charge in [-0.15, -0.1) is 11.3 Å². The second kappa shape index (κ2) is 5.05. The molecule has 1 aliphatic rings. The Morgan fingerprint density at radius 2 is 1.75 bits per heavy atom. The van der Waals surface area contributed by atoms with Crippen LogP contribution in [0.1, 0.15) is 37.4 Å². The van der Waals surface area contributed by atoms with Gasteiger partial charge >= 0.3 is 13.1 Å². The molecule has 1 aromatic heterocycles. The van der Waals surface area contributed by atoms with Crippen LogP contribution in [0.2, 0.25) is 0 Å². The number of rotatable bonds is 3. The smallest absolute Gasteiger partial charge is 0.495 e. The number of carbonyl (C=O) groups excluding carboxylic acids is 1. The normalized spacial score (nSPS) is 20.0. The summed E-state index contributed by atoms with van der Waals surface area (Å²) >= 11 is 1.27. The van der Waals surface area contributed by atoms with E-state index in [-0.39, 0.29) is 0 Å². The van der Waals surface area contributed by atoms with Gasteiger partial charge in [-0.1, -0.05) is 0 Å². The zero-order valence-electron chi connectivity index (χ0n) is 12.6. The molecule has 0 aliphatic carbocycles. The van der Waals surface area contributed by atoms with E-state index in [2.05, 4.69) is 0 Å². The van der Waals surface area contributed by atoms with Gasteiger partial charge in [0.15, 0.2) is 4.88 Å². The molecular weight excluding hydrogens is 279 g/mol. The summed E-state index contributed by atoms with van der Waals surface area (Å²) in [6.45, 7) is 7.94. The summed E-state index contributed by atoms with van der Waals surface area (Å²) in [5.41, 5.74) is -0.833. The summed E-state index contributed by atoms with van der Waals surface area (Å²) in [4.78, 5) is 12.1. The van der Waals surface area contributed by atoms with Crippen LogP contribution in [0.4, 0.5) is 0 Å². The van der Waals surface area contributed by atoms with Gasteiger partial charge in [0, 0.05) is 4.78 Å². The molecule has 20 heavy (non-hydrogen) atoms. The van der Waals surface area contributed by atoms with Gasteiger partial charge in [-0.05, 0) is 33.8 Å². The summed E-state index contributed by atoms with van der Waals surface area (Å²) in [5.74, 6) is 0.0566. The van der Waals surface area contributed by atoms with Gasteiger partial charge in [0.25, 0.3) is 0 Å². The Morgan fingerprint density at radius 1 is 1.20 bits per heavy atom. The van der Waals surface area contributed by atoms with Crippen LogP contribution in [-0.4, -0.2) is 38.5 Å². The minimum Gasteiger partial charge on any atom is -0.495 e. The molecule has 0 N–H and O–H groups in total. The maximum absolute atomic E-state index is 11.7. The first-order valence-electron chi connectivity index (χ1n) is 6.33. The van der Waals surface area contributed by atoms with E-state index in [4.69, 9.17) is 18.8 Å². The van der Waals surface area contributed by atoms with Crippen LogP contribution >= 0.6 is 11.3 Å². The average molecular weight is 298 g/mol. The lowest BCUT2D eigenvalue weighted by atomic mass is 9.88. The highest BCUT2D eigenvalue weighted by molar-refractivity contribution is 7.24. The lowest BCUT2D eigenvalue weighted by Crippen LogP contribution is -2.41. The second-order valence-corrected chi connectivity index (χ2v) is 6.71. The molecule has 2 heterocycles. The Hall–Kier alpha value is -1.05. The number of ether oxygens (including phenoxy) is 2. The predicted molar refractivity (Wildman–Crippen MR) is 77.9 cm³/mol. The van der Waals surface area contributed by atoms with E-state index in [9.17, 15) is 4.79 Å². The van der Waals surface area contributed by atoms with Crippen LogP contribution in [-0.2, 0) is 14.0 Å². The van der Waals surface area contributed by atoms with Gasteiger partial charge in [0.2, 0.25) is 0 Å². The van der Waals surface area contributed by atoms with E-state index in [0.717, 1.165) is 4.78 Å². The van der Waals surface area contributed by atoms with Crippen LogP contribution in [0.5, 0.6) is 5.75 Å². The Labute approximate surface area is 123 Å². The molecule has 0 unspecified atom stereocenters. The molecule has 0 atom stereocenters. The number of hydrogen-bond acceptors (Lipinski definition) is 6. The van der Waals surface area contributed by atoms with E-state index < -0.39 is 24.3 Å². The average Bonchev–Trinajstić information content (AvgIpc) is 2.88. The van der Waals surface area contributed by atoms with Crippen molar-refractivity contribution < 1.29 is 23.6 Å². The van der Waals surface area contributed by atoms with Gasteiger partial charge in [0.1, 0.15) is 5.75 Å². The van der Waals surface area contributed by atoms with Crippen molar-refractivity contribution in [2.45, 2.75) is 38.9 Å². The van der Waals surface area contributed by atoms with Crippen molar-refractivity contribution >= 4 is 29.2 Å². The van der Waals surface area contributed by atoms with E-state index in [1.54, 1.807) is 6.07 Å². The highest BCUT2D eigenvalue weighted by Gasteiger charge is 2.52. The maximum atomic E-state index is 11.7. The fourth-order valence-electron chi connectivity index (χ4n) is 1.85. The van der Waals surface area contributed by atoms with Crippen molar-refractivity contribution in [3.63, 3.8) is 0 Å². The monoisotopic (exact) mass is 298 g/mol. The summed E-state index contributed by atoms with van der Waals surface area (Å²) in [5, 5.41) is 0. The third kappa shape index (κ3) is 2.45. The first-order valence-corrected chi connectivity index (χ1v) is 7.15. The van der Waals surface area contributed by atoms with Gasteiger partial charge < -0.3 is 18.8 Å². The van der Waals surface area contributed by atoms with Crippen molar-refractivity contribution in [3.8, 4) is 5.75 Å². The molecule has 0 amide bonds. The van der Waals surface area contributed by atoms with E-state index >= 15 is 0 Å². The minimum absolute atomic E-state index is 0.416. The Bertz CT molecular complexity index is 507. The lowest BCUT2D eigenvalue weighted by molar-refractivity contribution is 0.00578. The number of thiophene rings is 1. The lowest BCUT2D eigenvalue weighted by Gasteiger charge is -2.32. The molecule has 0 radical (unpaired) electrons. The molecule has 1 aromatic rings. The molecule has 0 saturated carbocycles. The Balaban J connectivity index is 2.32. The first kappa shape index (κ1) is 15.3. The second-order valence-electron chi connectivity index (χ2n) is 5.63. The SMILES string of the molecule is COC(=O)c1sc(B2OC(C)(C)C(C)(C)O2)cc1OC. The number of hydrogen-bond donors (Lipinski definition) is 0. The van der Waals surface area contributed by atoms with E-state index in [1.165, 1.54) is 25.6 Å². The van der Waals surface area contributed by atoms with Crippen LogP contribution in [0.15, 0.2) is 6.07 Å². The summed E-state index contributed by atoms with van der Waals surface area (Å²) in [6, 6.07) is 1.76. The summed E-state index contributed by atoms with van der Waals surface area (Å²) in [7, 11) is 2.36. The zero-order valence-corrected chi connectivity index (χ0v) is 13.4. The van der Waals surface area contributed by atoms with E-state index in [1.807, 2.05) is 27.7 Å². The van der Waals surface area contributed by atoms with Crippen molar-refractivity contribution in [3.05, 3.63) is 10.9 Å². The van der Waals surface area contributed by atoms with Crippen LogP contribution in [0.3, 0.4) is 0 Å². The van der Waals surface area contributed by atoms with Crippen LogP contribution in [0, 0.1) is 0 Å². The fourth-order valence-corrected chi connectivity index (χ4v) is 2.86. The zero-order chi connectivity index (χ0) is 15.1. The minimum atomic E-state index is -0.502. The molecular formula is C13H19BO5S. The van der Waals surface area contributed by atoms with Crippen molar-refractivity contribution in [2.75, 3.05) is 14.2 Å². The number of esters is 1. The van der Waals surface area contributed by atoms with Gasteiger partial charge in [0.05, 0.1) is 25.4 Å². The van der Waals surface area contributed by atoms with Crippen LogP contribution < -0.4 is 9.51 Å². The Kier molecular flexibility index (Phi) is 3.88. The van der Waals surface area contributed by atoms with Gasteiger partial charge in [-0.3, -0.25) is 0 Å². The van der Waals surface area contributed by atoms with Crippen molar-refractivity contribution in [2.24, 2.45) is 0 Å². The predicted octanol–water partition coefficient (Wildman–Crippen LogP) is 1.84. The molecule has 2 rings (SSSR count). The maximum Gasteiger partial charge on any atom is 0.505 e. The number of carbonyl (C=O) groups is 1. The standard InChI is InChI=1S/C13H19BO5S/c1-12(2)13(3,4)19-14(18-12)9-7-8(16-5)10(20-9)11(15)17-6/h7H,1-6H3. The molecule has 0 bridgehead atoms. The molecule has 1 saturated heterocycles. The first-order chi connectivity index (χ1) is 9.21. The van der Waals surface area contributed by atoms with Crippen molar-refractivity contribution in [1.29, 1.82) is 0 Å². The highest BCUT2D eigenvalue weighted by Crippen LogP contribution is 2.37. The van der Waals surface area contributed by atoms with Gasteiger partial charge in [-0.25, -0.2) is 4.79 Å². The molecule has 0 aromatic carbocycles. The van der Waals surface area contributed by atoms with Crippen molar-refractivity contribution in [1.82, 2.24) is 0 Å².